The molecule has 10 heteroatoms. The molecule has 10 rings (SSSR count). The normalized spacial score (nSPS) is 31.9. The Kier molecular flexibility index (Phi) is 8.97. The number of hydrogen-bond donors (Lipinski definition) is 4. The SMILES string of the molecule is C[C@@H]1[C@H](CN2CCC(n3c(=O)[nH]c4ccccc43)CC2)O[C@H](c2ccc(NC(=O)NC34CC5CC(CC(C5)C3)C4)cc2)O[C@@H]1c1ccc(CO)cc1. The van der Waals surface area contributed by atoms with Crippen molar-refractivity contribution in [2.24, 2.45) is 23.7 Å². The number of imidazole rings is 1. The number of aliphatic hydroxyl groups excluding tert-OH is 1. The van der Waals surface area contributed by atoms with Crippen molar-refractivity contribution in [2.45, 2.75) is 95.0 Å². The largest absolute Gasteiger partial charge is 0.392 e. The summed E-state index contributed by atoms with van der Waals surface area (Å²) in [7, 11) is 0. The lowest BCUT2D eigenvalue weighted by Crippen LogP contribution is -2.60. The number of aromatic amines is 1. The number of anilines is 1. The molecule has 4 N–H and O–H groups in total. The number of fused-ring (bicyclic) bond motifs is 1. The molecule has 4 atom stereocenters. The van der Waals surface area contributed by atoms with Gasteiger partial charge in [-0.1, -0.05) is 55.5 Å². The summed E-state index contributed by atoms with van der Waals surface area (Å²) in [6.45, 7) is 4.69. The summed E-state index contributed by atoms with van der Waals surface area (Å²) in [5, 5.41) is 16.2. The molecule has 2 amide bonds. The number of urea groups is 1. The summed E-state index contributed by atoms with van der Waals surface area (Å²) in [4.78, 5) is 31.6. The van der Waals surface area contributed by atoms with Gasteiger partial charge in [-0.2, -0.15) is 0 Å². The van der Waals surface area contributed by atoms with Gasteiger partial charge in [0.25, 0.3) is 0 Å². The van der Waals surface area contributed by atoms with Crippen molar-refractivity contribution in [3.05, 3.63) is 100.0 Å². The van der Waals surface area contributed by atoms with Crippen LogP contribution >= 0.6 is 0 Å². The first-order valence-electron chi connectivity index (χ1n) is 19.4. The Labute approximate surface area is 304 Å². The molecule has 4 bridgehead atoms. The Morgan fingerprint density at radius 1 is 0.885 bits per heavy atom. The van der Waals surface area contributed by atoms with Crippen LogP contribution in [-0.2, 0) is 16.1 Å². The monoisotopic (exact) mass is 705 g/mol. The highest BCUT2D eigenvalue weighted by molar-refractivity contribution is 5.89. The maximum absolute atomic E-state index is 13.2. The zero-order valence-corrected chi connectivity index (χ0v) is 30.0. The van der Waals surface area contributed by atoms with Crippen molar-refractivity contribution in [3.8, 4) is 0 Å². The van der Waals surface area contributed by atoms with Gasteiger partial charge < -0.3 is 35.1 Å². The van der Waals surface area contributed by atoms with E-state index in [1.54, 1.807) is 0 Å². The lowest BCUT2D eigenvalue weighted by molar-refractivity contribution is -0.276. The Balaban J connectivity index is 0.880. The summed E-state index contributed by atoms with van der Waals surface area (Å²) in [5.74, 6) is 2.38. The van der Waals surface area contributed by atoms with Gasteiger partial charge in [-0.15, -0.1) is 0 Å². The van der Waals surface area contributed by atoms with Gasteiger partial charge in [-0.25, -0.2) is 9.59 Å². The van der Waals surface area contributed by atoms with Gasteiger partial charge in [0.15, 0.2) is 6.29 Å². The van der Waals surface area contributed by atoms with E-state index in [1.165, 1.54) is 19.3 Å². The predicted molar refractivity (Wildman–Crippen MR) is 200 cm³/mol. The number of piperidine rings is 1. The number of ether oxygens (including phenoxy) is 2. The van der Waals surface area contributed by atoms with Crippen molar-refractivity contribution >= 4 is 22.8 Å². The van der Waals surface area contributed by atoms with Crippen LogP contribution in [0.25, 0.3) is 11.0 Å². The zero-order chi connectivity index (χ0) is 35.4. The van der Waals surface area contributed by atoms with Gasteiger partial charge >= 0.3 is 11.7 Å². The van der Waals surface area contributed by atoms with Crippen LogP contribution < -0.4 is 16.3 Å². The van der Waals surface area contributed by atoms with Crippen LogP contribution in [0.3, 0.4) is 0 Å². The molecule has 6 aliphatic rings. The number of H-pyrrole nitrogens is 1. The Morgan fingerprint density at radius 2 is 1.54 bits per heavy atom. The third-order valence-electron chi connectivity index (χ3n) is 13.0. The van der Waals surface area contributed by atoms with Gasteiger partial charge in [0, 0.05) is 48.4 Å². The lowest BCUT2D eigenvalue weighted by Gasteiger charge is -2.56. The number of nitrogens with zero attached hydrogens (tertiary/aromatic N) is 2. The standard InChI is InChI=1S/C42H51N5O5/c1-26-37(24-46-16-14-34(15-17-46)47-36-5-3-2-4-35(36)44-41(47)50)51-39(52-38(26)31-8-6-27(25-48)7-9-31)32-10-12-33(13-11-32)43-40(49)45-42-21-28-18-29(22-42)20-30(19-28)23-42/h2-13,26,28-30,34,37-39,48H,14-25H2,1H3,(H,44,50)(H2,43,45,49)/t26-,28?,29?,30?,37+,38+,39+,42?/m1/s1. The van der Waals surface area contributed by atoms with Crippen LogP contribution in [-0.4, -0.2) is 56.9 Å². The fourth-order valence-electron chi connectivity index (χ4n) is 10.8. The zero-order valence-electron chi connectivity index (χ0n) is 30.0. The maximum atomic E-state index is 13.2. The van der Waals surface area contributed by atoms with E-state index in [0.29, 0.717) is 0 Å². The molecule has 4 saturated carbocycles. The third-order valence-corrected chi connectivity index (χ3v) is 13.0. The molecule has 1 aromatic heterocycles. The number of carbonyl (C=O) groups is 1. The van der Waals surface area contributed by atoms with Crippen LogP contribution in [0.2, 0.25) is 0 Å². The molecule has 2 saturated heterocycles. The van der Waals surface area contributed by atoms with E-state index in [9.17, 15) is 14.7 Å². The average Bonchev–Trinajstić information content (AvgIpc) is 3.48. The molecular weight excluding hydrogens is 654 g/mol. The van der Waals surface area contributed by atoms with Gasteiger partial charge in [-0.3, -0.25) is 4.57 Å². The first-order chi connectivity index (χ1) is 25.3. The number of para-hydroxylation sites is 2. The molecule has 52 heavy (non-hydrogen) atoms. The predicted octanol–water partition coefficient (Wildman–Crippen LogP) is 7.04. The van der Waals surface area contributed by atoms with Gasteiger partial charge in [0.2, 0.25) is 0 Å². The number of aromatic nitrogens is 2. The molecule has 4 aromatic rings. The van der Waals surface area contributed by atoms with Gasteiger partial charge in [0.1, 0.15) is 0 Å². The molecule has 274 valence electrons. The number of carbonyl (C=O) groups excluding carboxylic acids is 1. The number of likely N-dealkylation sites (tertiary alicyclic amines) is 1. The minimum atomic E-state index is -0.582. The Morgan fingerprint density at radius 3 is 2.21 bits per heavy atom. The van der Waals surface area contributed by atoms with Crippen molar-refractivity contribution < 1.29 is 19.4 Å². The fourth-order valence-corrected chi connectivity index (χ4v) is 10.8. The lowest BCUT2D eigenvalue weighted by atomic mass is 9.53. The highest BCUT2D eigenvalue weighted by Gasteiger charge is 2.51. The van der Waals surface area contributed by atoms with Crippen LogP contribution in [0.15, 0.2) is 77.6 Å². The van der Waals surface area contributed by atoms with Crippen LogP contribution in [0, 0.1) is 23.7 Å². The number of nitrogens with one attached hydrogen (secondary N) is 3. The van der Waals surface area contributed by atoms with Gasteiger partial charge in [-0.05, 0) is 105 Å². The van der Waals surface area contributed by atoms with E-state index in [0.717, 1.165) is 103 Å². The number of hydrogen-bond acceptors (Lipinski definition) is 6. The second-order valence-corrected chi connectivity index (χ2v) is 16.6. The highest BCUT2D eigenvalue weighted by atomic mass is 16.7. The molecular formula is C42H51N5O5. The topological polar surface area (TPSA) is 121 Å². The minimum Gasteiger partial charge on any atom is -0.392 e. The quantitative estimate of drug-likeness (QED) is 0.156. The molecule has 3 heterocycles. The fraction of sp³-hybridized carbons (Fsp3) is 0.524. The van der Waals surface area contributed by atoms with E-state index in [-0.39, 0.29) is 48.0 Å². The number of aliphatic hydroxyl groups is 1. The number of benzene rings is 3. The van der Waals surface area contributed by atoms with E-state index in [1.807, 2.05) is 77.4 Å². The minimum absolute atomic E-state index is 0.00269. The molecule has 3 aromatic carbocycles. The van der Waals surface area contributed by atoms with Crippen molar-refractivity contribution in [3.63, 3.8) is 0 Å². The van der Waals surface area contributed by atoms with E-state index in [4.69, 9.17) is 9.47 Å². The Hall–Kier alpha value is -3.96. The Bertz CT molecular complexity index is 1910. The summed E-state index contributed by atoms with van der Waals surface area (Å²) < 4.78 is 15.4. The number of amides is 2. The molecule has 2 aliphatic heterocycles. The molecule has 0 radical (unpaired) electrons. The third kappa shape index (κ3) is 6.59. The van der Waals surface area contributed by atoms with Crippen LogP contribution in [0.5, 0.6) is 0 Å². The smallest absolute Gasteiger partial charge is 0.326 e. The highest BCUT2D eigenvalue weighted by Crippen LogP contribution is 2.55. The van der Waals surface area contributed by atoms with Gasteiger partial charge in [0.05, 0.1) is 29.8 Å². The number of rotatable bonds is 8. The molecule has 10 nitrogen and oxygen atoms in total. The van der Waals surface area contributed by atoms with Crippen LogP contribution in [0.4, 0.5) is 10.5 Å². The molecule has 6 fully saturated rings. The maximum Gasteiger partial charge on any atom is 0.326 e. The van der Waals surface area contributed by atoms with Crippen molar-refractivity contribution in [1.29, 1.82) is 0 Å². The first-order valence-corrected chi connectivity index (χ1v) is 19.4. The second kappa shape index (κ2) is 13.8. The summed E-state index contributed by atoms with van der Waals surface area (Å²) in [6, 6.07) is 23.8. The molecule has 4 aliphatic carbocycles. The summed E-state index contributed by atoms with van der Waals surface area (Å²) in [6.07, 6.45) is 8.28. The van der Waals surface area contributed by atoms with Crippen LogP contribution in [0.1, 0.15) is 93.4 Å². The van der Waals surface area contributed by atoms with Crippen molar-refractivity contribution in [1.82, 2.24) is 19.8 Å². The average molecular weight is 706 g/mol. The first kappa shape index (κ1) is 33.8. The molecule has 0 spiro atoms. The molecule has 0 unspecified atom stereocenters. The second-order valence-electron chi connectivity index (χ2n) is 16.6. The van der Waals surface area contributed by atoms with Crippen molar-refractivity contribution in [2.75, 3.05) is 25.0 Å². The van der Waals surface area contributed by atoms with E-state index in [2.05, 4.69) is 27.4 Å². The summed E-state index contributed by atoms with van der Waals surface area (Å²) in [5.41, 5.74) is 5.34. The van der Waals surface area contributed by atoms with E-state index >= 15 is 0 Å². The summed E-state index contributed by atoms with van der Waals surface area (Å²) >= 11 is 0. The van der Waals surface area contributed by atoms with E-state index < -0.39 is 6.29 Å².